The minimum Gasteiger partial charge on any atom is -0.382 e. The molecule has 8 heteroatoms. The maximum absolute atomic E-state index is 12.8. The normalized spacial score (nSPS) is 11.7. The Balaban J connectivity index is 1.83. The van der Waals surface area contributed by atoms with E-state index in [1.807, 2.05) is 35.8 Å². The lowest BCUT2D eigenvalue weighted by atomic mass is 10.1. The highest BCUT2D eigenvalue weighted by Gasteiger charge is 2.15. The number of aromatic nitrogens is 2. The van der Waals surface area contributed by atoms with E-state index in [4.69, 9.17) is 4.74 Å². The van der Waals surface area contributed by atoms with Crippen LogP contribution in [0.5, 0.6) is 0 Å². The van der Waals surface area contributed by atoms with E-state index in [0.29, 0.717) is 36.8 Å². The molecular weight excluding hydrogens is 390 g/mol. The number of ether oxygens (including phenoxy) is 1. The van der Waals surface area contributed by atoms with Crippen LogP contribution in [0.15, 0.2) is 48.5 Å². The van der Waals surface area contributed by atoms with E-state index in [1.165, 1.54) is 6.26 Å². The highest BCUT2D eigenvalue weighted by atomic mass is 32.2. The van der Waals surface area contributed by atoms with E-state index in [9.17, 15) is 13.2 Å². The number of nitrogens with one attached hydrogen (secondary N) is 1. The molecule has 0 aliphatic carbocycles. The SMILES string of the molecule is CCOCCCn1c(NC(=O)c2cccc(CS(C)(=O)=O)c2)nc2ccccc21. The minimum absolute atomic E-state index is 0.107. The summed E-state index contributed by atoms with van der Waals surface area (Å²) in [4.78, 5) is 17.4. The average molecular weight is 416 g/mol. The zero-order chi connectivity index (χ0) is 20.9. The standard InChI is InChI=1S/C21H25N3O4S/c1-3-28-13-7-12-24-19-11-5-4-10-18(19)22-21(24)23-20(25)17-9-6-8-16(14-17)15-29(2,26)27/h4-6,8-11,14H,3,7,12-13,15H2,1-2H3,(H,22,23,25). The summed E-state index contributed by atoms with van der Waals surface area (Å²) < 4.78 is 30.5. The summed E-state index contributed by atoms with van der Waals surface area (Å²) in [5, 5.41) is 2.87. The molecule has 3 rings (SSSR count). The van der Waals surface area contributed by atoms with Crippen molar-refractivity contribution in [2.45, 2.75) is 25.6 Å². The van der Waals surface area contributed by atoms with Crippen molar-refractivity contribution in [2.75, 3.05) is 24.8 Å². The largest absolute Gasteiger partial charge is 0.382 e. The summed E-state index contributed by atoms with van der Waals surface area (Å²) in [7, 11) is -3.18. The molecule has 1 amide bonds. The Labute approximate surface area is 170 Å². The van der Waals surface area contributed by atoms with Crippen LogP contribution in [0.3, 0.4) is 0 Å². The molecule has 3 aromatic rings. The molecule has 0 unspecified atom stereocenters. The van der Waals surface area contributed by atoms with Crippen LogP contribution in [0.25, 0.3) is 11.0 Å². The summed E-state index contributed by atoms with van der Waals surface area (Å²) in [6, 6.07) is 14.3. The number of anilines is 1. The molecule has 1 N–H and O–H groups in total. The maximum atomic E-state index is 12.8. The third-order valence-electron chi connectivity index (χ3n) is 4.37. The highest BCUT2D eigenvalue weighted by Crippen LogP contribution is 2.21. The second-order valence-electron chi connectivity index (χ2n) is 6.85. The molecule has 0 radical (unpaired) electrons. The molecule has 0 atom stereocenters. The monoisotopic (exact) mass is 415 g/mol. The lowest BCUT2D eigenvalue weighted by Crippen LogP contribution is -2.17. The van der Waals surface area contributed by atoms with Gasteiger partial charge >= 0.3 is 0 Å². The molecule has 0 saturated heterocycles. The maximum Gasteiger partial charge on any atom is 0.257 e. The molecule has 0 spiro atoms. The summed E-state index contributed by atoms with van der Waals surface area (Å²) in [6.45, 7) is 3.91. The number of nitrogens with zero attached hydrogens (tertiary/aromatic N) is 2. The van der Waals surface area contributed by atoms with Gasteiger partial charge in [-0.25, -0.2) is 13.4 Å². The number of para-hydroxylation sites is 2. The van der Waals surface area contributed by atoms with Crippen molar-refractivity contribution in [3.05, 3.63) is 59.7 Å². The van der Waals surface area contributed by atoms with Gasteiger partial charge in [0.15, 0.2) is 9.84 Å². The van der Waals surface area contributed by atoms with E-state index >= 15 is 0 Å². The molecule has 0 bridgehead atoms. The van der Waals surface area contributed by atoms with Gasteiger partial charge in [0, 0.05) is 31.6 Å². The number of hydrogen-bond acceptors (Lipinski definition) is 5. The number of rotatable bonds is 9. The van der Waals surface area contributed by atoms with Gasteiger partial charge in [0.25, 0.3) is 5.91 Å². The van der Waals surface area contributed by atoms with Crippen molar-refractivity contribution in [1.29, 1.82) is 0 Å². The Kier molecular flexibility index (Phi) is 6.66. The second-order valence-corrected chi connectivity index (χ2v) is 8.99. The van der Waals surface area contributed by atoms with Gasteiger partial charge in [-0.05, 0) is 43.2 Å². The van der Waals surface area contributed by atoms with Gasteiger partial charge in [-0.1, -0.05) is 24.3 Å². The Bertz CT molecular complexity index is 1110. The lowest BCUT2D eigenvalue weighted by molar-refractivity contribution is 0.102. The van der Waals surface area contributed by atoms with Gasteiger partial charge in [0.2, 0.25) is 5.95 Å². The predicted molar refractivity (Wildman–Crippen MR) is 114 cm³/mol. The molecule has 29 heavy (non-hydrogen) atoms. The van der Waals surface area contributed by atoms with Crippen molar-refractivity contribution in [1.82, 2.24) is 9.55 Å². The van der Waals surface area contributed by atoms with E-state index in [2.05, 4.69) is 10.3 Å². The second kappa shape index (κ2) is 9.19. The molecule has 0 aliphatic rings. The van der Waals surface area contributed by atoms with E-state index in [0.717, 1.165) is 17.5 Å². The van der Waals surface area contributed by atoms with Crippen LogP contribution < -0.4 is 5.32 Å². The first-order valence-electron chi connectivity index (χ1n) is 9.48. The van der Waals surface area contributed by atoms with Crippen molar-refractivity contribution in [3.63, 3.8) is 0 Å². The first kappa shape index (κ1) is 21.0. The first-order chi connectivity index (χ1) is 13.9. The quantitative estimate of drug-likeness (QED) is 0.542. The van der Waals surface area contributed by atoms with Crippen LogP contribution >= 0.6 is 0 Å². The van der Waals surface area contributed by atoms with E-state index in [-0.39, 0.29) is 11.7 Å². The van der Waals surface area contributed by atoms with Crippen molar-refractivity contribution in [3.8, 4) is 0 Å². The van der Waals surface area contributed by atoms with Crippen LogP contribution in [-0.2, 0) is 26.9 Å². The van der Waals surface area contributed by atoms with Gasteiger partial charge in [0.05, 0.1) is 16.8 Å². The zero-order valence-electron chi connectivity index (χ0n) is 16.6. The number of benzene rings is 2. The van der Waals surface area contributed by atoms with Crippen LogP contribution in [0.2, 0.25) is 0 Å². The first-order valence-corrected chi connectivity index (χ1v) is 11.5. The average Bonchev–Trinajstić information content (AvgIpc) is 3.01. The van der Waals surface area contributed by atoms with Crippen LogP contribution in [-0.4, -0.2) is 43.3 Å². The summed E-state index contributed by atoms with van der Waals surface area (Å²) in [6.07, 6.45) is 1.96. The summed E-state index contributed by atoms with van der Waals surface area (Å²) >= 11 is 0. The number of carbonyl (C=O) groups is 1. The number of carbonyl (C=O) groups excluding carboxylic acids is 1. The topological polar surface area (TPSA) is 90.3 Å². The molecule has 1 aromatic heterocycles. The highest BCUT2D eigenvalue weighted by molar-refractivity contribution is 7.89. The molecule has 2 aromatic carbocycles. The van der Waals surface area contributed by atoms with Crippen LogP contribution in [0.1, 0.15) is 29.3 Å². The van der Waals surface area contributed by atoms with Crippen LogP contribution in [0, 0.1) is 0 Å². The third-order valence-corrected chi connectivity index (χ3v) is 5.23. The van der Waals surface area contributed by atoms with Gasteiger partial charge in [-0.3, -0.25) is 10.1 Å². The summed E-state index contributed by atoms with van der Waals surface area (Å²) in [5.41, 5.74) is 2.69. The number of imidazole rings is 1. The minimum atomic E-state index is -3.18. The Morgan fingerprint density at radius 2 is 1.97 bits per heavy atom. The van der Waals surface area contributed by atoms with E-state index < -0.39 is 9.84 Å². The van der Waals surface area contributed by atoms with Crippen molar-refractivity contribution >= 4 is 32.7 Å². The number of sulfone groups is 1. The smallest absolute Gasteiger partial charge is 0.257 e. The molecule has 1 heterocycles. The number of fused-ring (bicyclic) bond motifs is 1. The molecule has 0 saturated carbocycles. The number of aryl methyl sites for hydroxylation is 1. The number of hydrogen-bond donors (Lipinski definition) is 1. The molecule has 7 nitrogen and oxygen atoms in total. The lowest BCUT2D eigenvalue weighted by Gasteiger charge is -2.11. The predicted octanol–water partition coefficient (Wildman–Crippen LogP) is 3.26. The molecular formula is C21H25N3O4S. The van der Waals surface area contributed by atoms with E-state index in [1.54, 1.807) is 24.3 Å². The fourth-order valence-electron chi connectivity index (χ4n) is 3.15. The fourth-order valence-corrected chi connectivity index (χ4v) is 3.93. The third kappa shape index (κ3) is 5.65. The Morgan fingerprint density at radius 1 is 1.17 bits per heavy atom. The summed E-state index contributed by atoms with van der Waals surface area (Å²) in [5.74, 6) is 0.0206. The van der Waals surface area contributed by atoms with Gasteiger partial charge in [-0.15, -0.1) is 0 Å². The fraction of sp³-hybridized carbons (Fsp3) is 0.333. The number of amides is 1. The van der Waals surface area contributed by atoms with Crippen molar-refractivity contribution < 1.29 is 17.9 Å². The van der Waals surface area contributed by atoms with Crippen molar-refractivity contribution in [2.24, 2.45) is 0 Å². The zero-order valence-corrected chi connectivity index (χ0v) is 17.4. The van der Waals surface area contributed by atoms with Gasteiger partial charge < -0.3 is 9.30 Å². The van der Waals surface area contributed by atoms with Gasteiger partial charge in [-0.2, -0.15) is 0 Å². The molecule has 0 fully saturated rings. The molecule has 0 aliphatic heterocycles. The Hall–Kier alpha value is -2.71. The molecule has 154 valence electrons. The van der Waals surface area contributed by atoms with Crippen LogP contribution in [0.4, 0.5) is 5.95 Å². The Morgan fingerprint density at radius 3 is 2.72 bits per heavy atom. The van der Waals surface area contributed by atoms with Gasteiger partial charge in [0.1, 0.15) is 0 Å².